The summed E-state index contributed by atoms with van der Waals surface area (Å²) in [6.07, 6.45) is 2.92. The summed E-state index contributed by atoms with van der Waals surface area (Å²) in [6, 6.07) is 7.99. The number of carbonyl (C=O) groups is 1. The molecule has 1 aliphatic carbocycles. The molecule has 0 bridgehead atoms. The maximum absolute atomic E-state index is 11.2. The summed E-state index contributed by atoms with van der Waals surface area (Å²) in [7, 11) is 0. The van der Waals surface area contributed by atoms with Crippen molar-refractivity contribution < 1.29 is 9.32 Å². The zero-order valence-electron chi connectivity index (χ0n) is 10.9. The van der Waals surface area contributed by atoms with Crippen LogP contribution in [0.15, 0.2) is 28.8 Å². The van der Waals surface area contributed by atoms with Crippen molar-refractivity contribution in [2.75, 3.05) is 0 Å². The smallest absolute Gasteiger partial charge is 0.230 e. The number of benzene rings is 1. The van der Waals surface area contributed by atoms with Crippen LogP contribution >= 0.6 is 0 Å². The van der Waals surface area contributed by atoms with Crippen molar-refractivity contribution in [3.8, 4) is 11.4 Å². The summed E-state index contributed by atoms with van der Waals surface area (Å²) < 4.78 is 5.38. The maximum Gasteiger partial charge on any atom is 0.230 e. The normalized spacial score (nSPS) is 16.8. The third-order valence-electron chi connectivity index (χ3n) is 3.72. The summed E-state index contributed by atoms with van der Waals surface area (Å²) in [6.45, 7) is 2.03. The van der Waals surface area contributed by atoms with Gasteiger partial charge >= 0.3 is 0 Å². The quantitative estimate of drug-likeness (QED) is 0.827. The molecule has 1 saturated carbocycles. The van der Waals surface area contributed by atoms with E-state index in [2.05, 4.69) is 10.1 Å². The highest BCUT2D eigenvalue weighted by molar-refractivity contribution is 5.79. The molecule has 0 radical (unpaired) electrons. The minimum atomic E-state index is 0.239. The molecule has 1 fully saturated rings. The number of rotatable bonds is 2. The zero-order valence-corrected chi connectivity index (χ0v) is 10.9. The maximum atomic E-state index is 11.2. The van der Waals surface area contributed by atoms with E-state index < -0.39 is 0 Å². The first-order valence-corrected chi connectivity index (χ1v) is 6.65. The van der Waals surface area contributed by atoms with Gasteiger partial charge in [-0.1, -0.05) is 29.4 Å². The van der Waals surface area contributed by atoms with Gasteiger partial charge in [-0.2, -0.15) is 4.98 Å². The van der Waals surface area contributed by atoms with Crippen molar-refractivity contribution in [2.24, 2.45) is 0 Å². The van der Waals surface area contributed by atoms with Gasteiger partial charge in [0.1, 0.15) is 5.78 Å². The minimum absolute atomic E-state index is 0.239. The average molecular weight is 256 g/mol. The fourth-order valence-electron chi connectivity index (χ4n) is 2.52. The summed E-state index contributed by atoms with van der Waals surface area (Å²) in [5.41, 5.74) is 2.14. The fourth-order valence-corrected chi connectivity index (χ4v) is 2.52. The average Bonchev–Trinajstić information content (AvgIpc) is 2.89. The molecule has 3 rings (SSSR count). The van der Waals surface area contributed by atoms with Crippen LogP contribution in [0.1, 0.15) is 43.1 Å². The summed E-state index contributed by atoms with van der Waals surface area (Å²) in [4.78, 5) is 15.7. The Morgan fingerprint density at radius 1 is 1.21 bits per heavy atom. The molecule has 1 aliphatic rings. The monoisotopic (exact) mass is 256 g/mol. The lowest BCUT2D eigenvalue weighted by atomic mass is 9.88. The highest BCUT2D eigenvalue weighted by atomic mass is 16.5. The standard InChI is InChI=1S/C15H16N2O2/c1-10-4-2-3-5-13(10)14-16-15(19-17-14)11-6-8-12(18)9-7-11/h2-5,11H,6-9H2,1H3. The number of Topliss-reactive ketones (excluding diaryl/α,β-unsaturated/α-hetero) is 1. The number of ketones is 1. The van der Waals surface area contributed by atoms with Crippen molar-refractivity contribution in [3.63, 3.8) is 0 Å². The first kappa shape index (κ1) is 12.1. The van der Waals surface area contributed by atoms with Crippen molar-refractivity contribution in [2.45, 2.75) is 38.5 Å². The largest absolute Gasteiger partial charge is 0.339 e. The zero-order chi connectivity index (χ0) is 13.2. The van der Waals surface area contributed by atoms with Crippen LogP contribution in [-0.2, 0) is 4.79 Å². The van der Waals surface area contributed by atoms with E-state index in [0.29, 0.717) is 30.3 Å². The predicted molar refractivity (Wildman–Crippen MR) is 70.7 cm³/mol. The van der Waals surface area contributed by atoms with Gasteiger partial charge in [-0.25, -0.2) is 0 Å². The molecule has 4 heteroatoms. The van der Waals surface area contributed by atoms with Crippen LogP contribution in [0.2, 0.25) is 0 Å². The number of hydrogen-bond acceptors (Lipinski definition) is 4. The van der Waals surface area contributed by atoms with Crippen molar-refractivity contribution in [1.82, 2.24) is 10.1 Å². The van der Waals surface area contributed by atoms with E-state index in [1.54, 1.807) is 0 Å². The topological polar surface area (TPSA) is 56.0 Å². The molecule has 0 amide bonds. The summed E-state index contributed by atoms with van der Waals surface area (Å²) in [5.74, 6) is 1.90. The molecule has 2 aromatic rings. The molecule has 0 N–H and O–H groups in total. The number of aromatic nitrogens is 2. The number of aryl methyl sites for hydroxylation is 1. The number of hydrogen-bond donors (Lipinski definition) is 0. The molecule has 0 unspecified atom stereocenters. The second-order valence-electron chi connectivity index (χ2n) is 5.08. The van der Waals surface area contributed by atoms with E-state index in [-0.39, 0.29) is 5.92 Å². The number of carbonyl (C=O) groups excluding carboxylic acids is 1. The first-order valence-electron chi connectivity index (χ1n) is 6.65. The highest BCUT2D eigenvalue weighted by Crippen LogP contribution is 2.31. The van der Waals surface area contributed by atoms with Gasteiger partial charge in [0.25, 0.3) is 0 Å². The van der Waals surface area contributed by atoms with Crippen LogP contribution in [0.4, 0.5) is 0 Å². The third-order valence-corrected chi connectivity index (χ3v) is 3.72. The molecular weight excluding hydrogens is 240 g/mol. The van der Waals surface area contributed by atoms with E-state index in [4.69, 9.17) is 4.52 Å². The van der Waals surface area contributed by atoms with Gasteiger partial charge < -0.3 is 4.52 Å². The minimum Gasteiger partial charge on any atom is -0.339 e. The first-order chi connectivity index (χ1) is 9.24. The van der Waals surface area contributed by atoms with E-state index in [9.17, 15) is 4.79 Å². The fraction of sp³-hybridized carbons (Fsp3) is 0.400. The van der Waals surface area contributed by atoms with Crippen molar-refractivity contribution in [1.29, 1.82) is 0 Å². The van der Waals surface area contributed by atoms with Crippen LogP contribution in [-0.4, -0.2) is 15.9 Å². The molecule has 4 nitrogen and oxygen atoms in total. The Morgan fingerprint density at radius 3 is 2.68 bits per heavy atom. The van der Waals surface area contributed by atoms with E-state index in [0.717, 1.165) is 24.0 Å². The SMILES string of the molecule is Cc1ccccc1-c1noc(C2CCC(=O)CC2)n1. The molecule has 0 spiro atoms. The summed E-state index contributed by atoms with van der Waals surface area (Å²) >= 11 is 0. The second kappa shape index (κ2) is 4.96. The Labute approximate surface area is 111 Å². The van der Waals surface area contributed by atoms with Gasteiger partial charge in [0.15, 0.2) is 0 Å². The van der Waals surface area contributed by atoms with Crippen LogP contribution in [0.3, 0.4) is 0 Å². The van der Waals surface area contributed by atoms with Gasteiger partial charge in [-0.15, -0.1) is 0 Å². The highest BCUT2D eigenvalue weighted by Gasteiger charge is 2.25. The van der Waals surface area contributed by atoms with Crippen LogP contribution in [0.5, 0.6) is 0 Å². The Morgan fingerprint density at radius 2 is 1.95 bits per heavy atom. The molecule has 1 heterocycles. The van der Waals surface area contributed by atoms with Gasteiger partial charge in [0.2, 0.25) is 11.7 Å². The van der Waals surface area contributed by atoms with Crippen LogP contribution < -0.4 is 0 Å². The molecule has 1 aromatic heterocycles. The van der Waals surface area contributed by atoms with Gasteiger partial charge in [0.05, 0.1) is 0 Å². The third kappa shape index (κ3) is 2.43. The molecule has 0 saturated heterocycles. The Kier molecular flexibility index (Phi) is 3.15. The van der Waals surface area contributed by atoms with E-state index in [1.807, 2.05) is 31.2 Å². The Hall–Kier alpha value is -1.97. The van der Waals surface area contributed by atoms with Gasteiger partial charge in [0, 0.05) is 24.3 Å². The van der Waals surface area contributed by atoms with E-state index >= 15 is 0 Å². The molecule has 1 aromatic carbocycles. The van der Waals surface area contributed by atoms with Gasteiger partial charge in [-0.3, -0.25) is 4.79 Å². The molecule has 19 heavy (non-hydrogen) atoms. The lowest BCUT2D eigenvalue weighted by Crippen LogP contribution is -2.12. The Bertz CT molecular complexity index is 594. The van der Waals surface area contributed by atoms with Crippen LogP contribution in [0.25, 0.3) is 11.4 Å². The summed E-state index contributed by atoms with van der Waals surface area (Å²) in [5, 5.41) is 4.07. The van der Waals surface area contributed by atoms with Crippen molar-refractivity contribution >= 4 is 5.78 Å². The molecule has 0 atom stereocenters. The van der Waals surface area contributed by atoms with Gasteiger partial charge in [-0.05, 0) is 25.3 Å². The molecule has 0 aliphatic heterocycles. The lowest BCUT2D eigenvalue weighted by Gasteiger charge is -2.16. The Balaban J connectivity index is 1.84. The molecular formula is C15H16N2O2. The number of nitrogens with zero attached hydrogens (tertiary/aromatic N) is 2. The van der Waals surface area contributed by atoms with Crippen molar-refractivity contribution in [3.05, 3.63) is 35.7 Å². The lowest BCUT2D eigenvalue weighted by molar-refractivity contribution is -0.120. The van der Waals surface area contributed by atoms with Crippen LogP contribution in [0, 0.1) is 6.92 Å². The second-order valence-corrected chi connectivity index (χ2v) is 5.08. The molecule has 98 valence electrons. The predicted octanol–water partition coefficient (Wildman–Crippen LogP) is 3.27. The van der Waals surface area contributed by atoms with E-state index in [1.165, 1.54) is 0 Å².